The van der Waals surface area contributed by atoms with Crippen molar-refractivity contribution in [3.8, 4) is 0 Å². The van der Waals surface area contributed by atoms with Gasteiger partial charge in [0.25, 0.3) is 0 Å². The number of rotatable bonds is 15. The van der Waals surface area contributed by atoms with Crippen LogP contribution in [0.25, 0.3) is 0 Å². The third-order valence-electron chi connectivity index (χ3n) is 10.9. The Balaban J connectivity index is 1.62. The van der Waals surface area contributed by atoms with E-state index in [0.29, 0.717) is 32.5 Å². The van der Waals surface area contributed by atoms with E-state index in [0.717, 1.165) is 24.0 Å². The third-order valence-corrected chi connectivity index (χ3v) is 10.9. The maximum atomic E-state index is 15.0. The first-order valence-electron chi connectivity index (χ1n) is 17.1. The second-order valence-corrected chi connectivity index (χ2v) is 13.9. The molecular formula is C39H51N3O5. The van der Waals surface area contributed by atoms with Crippen LogP contribution in [0.3, 0.4) is 0 Å². The van der Waals surface area contributed by atoms with E-state index in [4.69, 9.17) is 4.74 Å². The van der Waals surface area contributed by atoms with Crippen LogP contribution in [0.5, 0.6) is 0 Å². The molecule has 0 aliphatic carbocycles. The van der Waals surface area contributed by atoms with Crippen LogP contribution in [0.4, 0.5) is 0 Å². The molecule has 0 saturated carbocycles. The van der Waals surface area contributed by atoms with Crippen LogP contribution in [0.15, 0.2) is 86.0 Å². The van der Waals surface area contributed by atoms with Crippen molar-refractivity contribution < 1.29 is 24.2 Å². The Morgan fingerprint density at radius 1 is 1.04 bits per heavy atom. The number of hydrogen-bond donors (Lipinski definition) is 1. The summed E-state index contributed by atoms with van der Waals surface area (Å²) in [5.74, 6) is -2.47. The van der Waals surface area contributed by atoms with Crippen LogP contribution in [0.2, 0.25) is 0 Å². The molecule has 3 aliphatic rings. The van der Waals surface area contributed by atoms with E-state index < -0.39 is 35.1 Å². The third kappa shape index (κ3) is 6.06. The fraction of sp³-hybridized carbons (Fsp3) is 0.513. The van der Waals surface area contributed by atoms with Gasteiger partial charge >= 0.3 is 0 Å². The van der Waals surface area contributed by atoms with Crippen molar-refractivity contribution in [3.05, 3.63) is 97.1 Å². The van der Waals surface area contributed by atoms with E-state index in [2.05, 4.69) is 27.0 Å². The summed E-state index contributed by atoms with van der Waals surface area (Å²) in [6.45, 7) is 16.6. The van der Waals surface area contributed by atoms with Crippen LogP contribution in [-0.4, -0.2) is 86.6 Å². The smallest absolute Gasteiger partial charge is 0.248 e. The van der Waals surface area contributed by atoms with Gasteiger partial charge in [0.05, 0.1) is 30.1 Å². The molecular weight excluding hydrogens is 590 g/mol. The van der Waals surface area contributed by atoms with E-state index in [1.54, 1.807) is 26.9 Å². The van der Waals surface area contributed by atoms with Crippen LogP contribution in [0.1, 0.15) is 58.1 Å². The maximum absolute atomic E-state index is 15.0. The van der Waals surface area contributed by atoms with Gasteiger partial charge in [0, 0.05) is 25.7 Å². The average molecular weight is 642 g/mol. The molecule has 8 heteroatoms. The Hall–Kier alpha value is -3.75. The largest absolute Gasteiger partial charge is 0.394 e. The van der Waals surface area contributed by atoms with Gasteiger partial charge in [0.1, 0.15) is 11.6 Å². The van der Waals surface area contributed by atoms with Gasteiger partial charge < -0.3 is 24.5 Å². The van der Waals surface area contributed by atoms with Crippen LogP contribution in [-0.2, 0) is 32.1 Å². The summed E-state index contributed by atoms with van der Waals surface area (Å²) in [5, 5.41) is 10.9. The molecule has 4 unspecified atom stereocenters. The average Bonchev–Trinajstić information content (AvgIpc) is 3.59. The standard InChI is InChI=1S/C39H51N3O5/c1-7-16-28(5)41(22-9-3)37(46)34-39-24-27(4)38(6,47-39)32(35(44)40(21-8-2)25-30-19-14-11-15-20-30)33(39)36(45)42(34)31(26-43)23-29-17-12-10-13-18-29/h8-15,17-20,27-28,31-34,43H,2-3,7,16,21-26H2,1,4-6H3/t27?,28?,31-,32+,33+,34?,38-,39?/m1/s1. The number of aliphatic hydroxyl groups excluding tert-OH is 1. The monoisotopic (exact) mass is 641 g/mol. The van der Waals surface area contributed by atoms with Gasteiger partial charge in [-0.3, -0.25) is 14.4 Å². The Morgan fingerprint density at radius 3 is 2.23 bits per heavy atom. The maximum Gasteiger partial charge on any atom is 0.248 e. The quantitative estimate of drug-likeness (QED) is 0.276. The van der Waals surface area contributed by atoms with Crippen molar-refractivity contribution in [2.24, 2.45) is 17.8 Å². The molecule has 3 saturated heterocycles. The molecule has 2 aromatic carbocycles. The highest BCUT2D eigenvalue weighted by Crippen LogP contribution is 2.66. The Kier molecular flexibility index (Phi) is 10.4. The number of hydrogen-bond acceptors (Lipinski definition) is 5. The highest BCUT2D eigenvalue weighted by atomic mass is 16.5. The molecule has 0 radical (unpaired) electrons. The number of carbonyl (C=O) groups is 3. The van der Waals surface area contributed by atoms with Crippen LogP contribution >= 0.6 is 0 Å². The number of ether oxygens (including phenoxy) is 1. The van der Waals surface area contributed by atoms with E-state index in [-0.39, 0.29) is 36.3 Å². The van der Waals surface area contributed by atoms with Crippen LogP contribution < -0.4 is 0 Å². The Bertz CT molecular complexity index is 1450. The second kappa shape index (κ2) is 14.2. The molecule has 47 heavy (non-hydrogen) atoms. The van der Waals surface area contributed by atoms with Crippen molar-refractivity contribution in [1.29, 1.82) is 0 Å². The molecule has 3 amide bonds. The van der Waals surface area contributed by atoms with Gasteiger partial charge in [0.15, 0.2) is 0 Å². The molecule has 3 heterocycles. The highest BCUT2D eigenvalue weighted by Gasteiger charge is 2.80. The van der Waals surface area contributed by atoms with Crippen molar-refractivity contribution in [3.63, 3.8) is 0 Å². The Morgan fingerprint density at radius 2 is 1.66 bits per heavy atom. The SMILES string of the molecule is C=CCN(Cc1ccccc1)C(=O)[C@@H]1[C@H]2C(=O)N([C@@H](CO)Cc3ccccc3)C(C(=O)N(CC=C)C(C)CCC)C23CC(C)[C@@]1(C)O3. The Labute approximate surface area is 280 Å². The summed E-state index contributed by atoms with van der Waals surface area (Å²) >= 11 is 0. The number of nitrogens with zero attached hydrogens (tertiary/aromatic N) is 3. The van der Waals surface area contributed by atoms with E-state index in [9.17, 15) is 14.7 Å². The molecule has 8 nitrogen and oxygen atoms in total. The number of aliphatic hydroxyl groups is 1. The summed E-state index contributed by atoms with van der Waals surface area (Å²) < 4.78 is 7.05. The lowest BCUT2D eigenvalue weighted by Gasteiger charge is -2.41. The minimum absolute atomic E-state index is 0.0966. The van der Waals surface area contributed by atoms with Gasteiger partial charge in [-0.1, -0.05) is 93.1 Å². The number of amides is 3. The normalized spacial score (nSPS) is 28.9. The first-order valence-corrected chi connectivity index (χ1v) is 17.1. The summed E-state index contributed by atoms with van der Waals surface area (Å²) in [6, 6.07) is 17.7. The molecule has 3 fully saturated rings. The van der Waals surface area contributed by atoms with Crippen molar-refractivity contribution in [2.75, 3.05) is 19.7 Å². The van der Waals surface area contributed by atoms with E-state index >= 15 is 4.79 Å². The summed E-state index contributed by atoms with van der Waals surface area (Å²) in [4.78, 5) is 49.9. The lowest BCUT2D eigenvalue weighted by molar-refractivity contribution is -0.158. The summed E-state index contributed by atoms with van der Waals surface area (Å²) in [5.41, 5.74) is -0.254. The first-order chi connectivity index (χ1) is 22.6. The molecule has 5 rings (SSSR count). The topological polar surface area (TPSA) is 90.4 Å². The second-order valence-electron chi connectivity index (χ2n) is 13.9. The summed E-state index contributed by atoms with van der Waals surface area (Å²) in [6.07, 6.45) is 5.92. The molecule has 8 atom stereocenters. The van der Waals surface area contributed by atoms with Gasteiger partial charge in [0.2, 0.25) is 17.7 Å². The van der Waals surface area contributed by atoms with Gasteiger partial charge in [-0.05, 0) is 50.2 Å². The van der Waals surface area contributed by atoms with Gasteiger partial charge in [-0.25, -0.2) is 0 Å². The van der Waals surface area contributed by atoms with Gasteiger partial charge in [-0.15, -0.1) is 13.2 Å². The van der Waals surface area contributed by atoms with Gasteiger partial charge in [-0.2, -0.15) is 0 Å². The zero-order chi connectivity index (χ0) is 33.9. The minimum Gasteiger partial charge on any atom is -0.394 e. The zero-order valence-corrected chi connectivity index (χ0v) is 28.4. The molecule has 1 spiro atoms. The molecule has 1 N–H and O–H groups in total. The van der Waals surface area contributed by atoms with E-state index in [1.807, 2.05) is 74.5 Å². The van der Waals surface area contributed by atoms with Crippen molar-refractivity contribution >= 4 is 17.7 Å². The highest BCUT2D eigenvalue weighted by molar-refractivity contribution is 5.99. The lowest BCUT2D eigenvalue weighted by Crippen LogP contribution is -2.60. The lowest BCUT2D eigenvalue weighted by atomic mass is 9.62. The predicted octanol–water partition coefficient (Wildman–Crippen LogP) is 5.02. The fourth-order valence-electron chi connectivity index (χ4n) is 8.61. The molecule has 0 aromatic heterocycles. The predicted molar refractivity (Wildman–Crippen MR) is 183 cm³/mol. The van der Waals surface area contributed by atoms with Crippen molar-refractivity contribution in [2.45, 2.75) is 89.3 Å². The van der Waals surface area contributed by atoms with E-state index in [1.165, 1.54) is 0 Å². The molecule has 2 bridgehead atoms. The number of likely N-dealkylation sites (tertiary alicyclic amines) is 1. The first kappa shape index (κ1) is 34.6. The number of fused-ring (bicyclic) bond motifs is 1. The zero-order valence-electron chi connectivity index (χ0n) is 28.4. The fourth-order valence-corrected chi connectivity index (χ4v) is 8.61. The summed E-state index contributed by atoms with van der Waals surface area (Å²) in [7, 11) is 0. The van der Waals surface area contributed by atoms with Crippen molar-refractivity contribution in [1.82, 2.24) is 14.7 Å². The van der Waals surface area contributed by atoms with Crippen LogP contribution in [0, 0.1) is 17.8 Å². The minimum atomic E-state index is -1.22. The molecule has 2 aromatic rings. The molecule has 3 aliphatic heterocycles. The number of carbonyl (C=O) groups excluding carboxylic acids is 3. The number of benzene rings is 2. The molecule has 252 valence electrons.